The molecular formula is C20H23N3O3. The maximum Gasteiger partial charge on any atom is 0.201 e. The van der Waals surface area contributed by atoms with Crippen molar-refractivity contribution in [2.24, 2.45) is 5.92 Å². The number of aromatic nitrogens is 2. The summed E-state index contributed by atoms with van der Waals surface area (Å²) in [7, 11) is 0. The molecule has 0 unspecified atom stereocenters. The molecule has 3 aromatic rings. The van der Waals surface area contributed by atoms with Gasteiger partial charge in [-0.3, -0.25) is 4.79 Å². The van der Waals surface area contributed by atoms with E-state index in [2.05, 4.69) is 10.3 Å². The molecule has 4 rings (SSSR count). The minimum atomic E-state index is 0.0517. The molecule has 26 heavy (non-hydrogen) atoms. The summed E-state index contributed by atoms with van der Waals surface area (Å²) in [5, 5.41) is 3.31. The van der Waals surface area contributed by atoms with Gasteiger partial charge in [-0.05, 0) is 50.2 Å². The number of hydrogen-bond donors (Lipinski definition) is 1. The number of nitrogens with one attached hydrogen (secondary N) is 1. The number of ether oxygens (including phenoxy) is 1. The molecule has 3 heterocycles. The van der Waals surface area contributed by atoms with E-state index in [0.29, 0.717) is 25.6 Å². The van der Waals surface area contributed by atoms with Crippen LogP contribution in [0.2, 0.25) is 0 Å². The highest BCUT2D eigenvalue weighted by molar-refractivity contribution is 5.98. The van der Waals surface area contributed by atoms with Gasteiger partial charge in [-0.1, -0.05) is 12.1 Å². The largest absolute Gasteiger partial charge is 0.467 e. The van der Waals surface area contributed by atoms with Crippen LogP contribution in [0.1, 0.15) is 29.2 Å². The molecule has 1 saturated heterocycles. The number of carbonyl (C=O) groups excluding carboxylic acids is 1. The van der Waals surface area contributed by atoms with E-state index in [4.69, 9.17) is 9.15 Å². The molecule has 1 aromatic carbocycles. The van der Waals surface area contributed by atoms with Gasteiger partial charge in [0.2, 0.25) is 5.78 Å². The number of furan rings is 1. The van der Waals surface area contributed by atoms with Gasteiger partial charge >= 0.3 is 0 Å². The topological polar surface area (TPSA) is 69.3 Å². The SMILES string of the molecule is O=C(c1nc2ccccc2n1CCOCc1ccco1)C1CCNCC1. The van der Waals surface area contributed by atoms with Crippen LogP contribution < -0.4 is 5.32 Å². The summed E-state index contributed by atoms with van der Waals surface area (Å²) < 4.78 is 13.0. The summed E-state index contributed by atoms with van der Waals surface area (Å²) in [6, 6.07) is 11.6. The second-order valence-corrected chi connectivity index (χ2v) is 6.60. The van der Waals surface area contributed by atoms with Gasteiger partial charge in [-0.25, -0.2) is 4.98 Å². The average molecular weight is 353 g/mol. The normalized spacial score (nSPS) is 15.5. The number of piperidine rings is 1. The van der Waals surface area contributed by atoms with Crippen LogP contribution >= 0.6 is 0 Å². The van der Waals surface area contributed by atoms with E-state index in [-0.39, 0.29) is 11.7 Å². The van der Waals surface area contributed by atoms with Gasteiger partial charge in [-0.2, -0.15) is 0 Å². The van der Waals surface area contributed by atoms with Gasteiger partial charge in [0.05, 0.1) is 23.9 Å². The fourth-order valence-corrected chi connectivity index (χ4v) is 3.48. The molecule has 0 amide bonds. The molecule has 1 N–H and O–H groups in total. The number of para-hydroxylation sites is 2. The Morgan fingerprint density at radius 3 is 2.88 bits per heavy atom. The van der Waals surface area contributed by atoms with Crippen LogP contribution in [0.15, 0.2) is 47.1 Å². The fourth-order valence-electron chi connectivity index (χ4n) is 3.48. The summed E-state index contributed by atoms with van der Waals surface area (Å²) in [4.78, 5) is 17.7. The number of benzene rings is 1. The average Bonchev–Trinajstić information content (AvgIpc) is 3.33. The van der Waals surface area contributed by atoms with E-state index in [9.17, 15) is 4.79 Å². The Morgan fingerprint density at radius 1 is 1.23 bits per heavy atom. The Bertz CT molecular complexity index is 864. The summed E-state index contributed by atoms with van der Waals surface area (Å²) >= 11 is 0. The summed E-state index contributed by atoms with van der Waals surface area (Å²) in [6.07, 6.45) is 3.38. The van der Waals surface area contributed by atoms with Crippen LogP contribution in [0.25, 0.3) is 11.0 Å². The van der Waals surface area contributed by atoms with Crippen LogP contribution in [0.4, 0.5) is 0 Å². The molecule has 6 nitrogen and oxygen atoms in total. The molecule has 0 aliphatic carbocycles. The van der Waals surface area contributed by atoms with Crippen LogP contribution in [0.3, 0.4) is 0 Å². The van der Waals surface area contributed by atoms with Gasteiger partial charge in [-0.15, -0.1) is 0 Å². The third-order valence-electron chi connectivity index (χ3n) is 4.87. The number of nitrogens with zero attached hydrogens (tertiary/aromatic N) is 2. The molecule has 1 fully saturated rings. The van der Waals surface area contributed by atoms with Crippen molar-refractivity contribution in [3.63, 3.8) is 0 Å². The molecule has 1 aliphatic heterocycles. The van der Waals surface area contributed by atoms with E-state index in [1.54, 1.807) is 6.26 Å². The Hall–Kier alpha value is -2.44. The lowest BCUT2D eigenvalue weighted by Crippen LogP contribution is -2.33. The van der Waals surface area contributed by atoms with E-state index >= 15 is 0 Å². The predicted molar refractivity (Wildman–Crippen MR) is 98.0 cm³/mol. The molecule has 6 heteroatoms. The van der Waals surface area contributed by atoms with Crippen molar-refractivity contribution >= 4 is 16.8 Å². The Balaban J connectivity index is 1.52. The zero-order valence-electron chi connectivity index (χ0n) is 14.7. The van der Waals surface area contributed by atoms with Crippen molar-refractivity contribution in [1.29, 1.82) is 0 Å². The number of ketones is 1. The van der Waals surface area contributed by atoms with Crippen molar-refractivity contribution < 1.29 is 13.9 Å². The molecule has 2 aromatic heterocycles. The molecular weight excluding hydrogens is 330 g/mol. The quantitative estimate of drug-likeness (QED) is 0.522. The Labute approximate surface area is 152 Å². The van der Waals surface area contributed by atoms with Crippen LogP contribution in [0, 0.1) is 5.92 Å². The number of Topliss-reactive ketones (excluding diaryl/α,β-unsaturated/α-hetero) is 1. The van der Waals surface area contributed by atoms with Gasteiger partial charge < -0.3 is 19.0 Å². The highest BCUT2D eigenvalue weighted by atomic mass is 16.5. The first-order valence-electron chi connectivity index (χ1n) is 9.13. The zero-order chi connectivity index (χ0) is 17.8. The first kappa shape index (κ1) is 17.0. The maximum atomic E-state index is 13.0. The van der Waals surface area contributed by atoms with Crippen molar-refractivity contribution in [2.75, 3.05) is 19.7 Å². The molecule has 0 spiro atoms. The first-order chi connectivity index (χ1) is 12.8. The van der Waals surface area contributed by atoms with Crippen molar-refractivity contribution in [3.8, 4) is 0 Å². The number of carbonyl (C=O) groups is 1. The smallest absolute Gasteiger partial charge is 0.201 e. The number of fused-ring (bicyclic) bond motifs is 1. The summed E-state index contributed by atoms with van der Waals surface area (Å²) in [6.45, 7) is 3.30. The standard InChI is InChI=1S/C20H23N3O3/c24-19(15-7-9-21-10-8-15)20-22-17-5-1-2-6-18(17)23(20)11-13-25-14-16-4-3-12-26-16/h1-6,12,15,21H,7-11,13-14H2. The molecule has 0 atom stereocenters. The lowest BCUT2D eigenvalue weighted by molar-refractivity contribution is 0.0860. The number of imidazole rings is 1. The first-order valence-corrected chi connectivity index (χ1v) is 9.13. The monoisotopic (exact) mass is 353 g/mol. The van der Waals surface area contributed by atoms with E-state index in [1.165, 1.54) is 0 Å². The lowest BCUT2D eigenvalue weighted by Gasteiger charge is -2.21. The zero-order valence-corrected chi connectivity index (χ0v) is 14.7. The van der Waals surface area contributed by atoms with Gasteiger partial charge in [0.15, 0.2) is 5.82 Å². The third kappa shape index (κ3) is 3.57. The number of rotatable bonds is 7. The second-order valence-electron chi connectivity index (χ2n) is 6.60. The lowest BCUT2D eigenvalue weighted by atomic mass is 9.93. The predicted octanol–water partition coefficient (Wildman–Crippen LogP) is 3.03. The number of hydrogen-bond acceptors (Lipinski definition) is 5. The highest BCUT2D eigenvalue weighted by Gasteiger charge is 2.27. The van der Waals surface area contributed by atoms with Crippen LogP contribution in [-0.4, -0.2) is 35.0 Å². The summed E-state index contributed by atoms with van der Waals surface area (Å²) in [5.74, 6) is 1.55. The van der Waals surface area contributed by atoms with Crippen LogP contribution in [-0.2, 0) is 17.9 Å². The molecule has 0 saturated carbocycles. The molecule has 0 radical (unpaired) electrons. The second kappa shape index (κ2) is 7.85. The van der Waals surface area contributed by atoms with Crippen molar-refractivity contribution in [1.82, 2.24) is 14.9 Å². The maximum absolute atomic E-state index is 13.0. The summed E-state index contributed by atoms with van der Waals surface area (Å²) in [5.41, 5.74) is 1.84. The van der Waals surface area contributed by atoms with Crippen molar-refractivity contribution in [3.05, 3.63) is 54.2 Å². The van der Waals surface area contributed by atoms with E-state index in [0.717, 1.165) is 42.7 Å². The molecule has 136 valence electrons. The minimum absolute atomic E-state index is 0.0517. The Kier molecular flexibility index (Phi) is 5.13. The highest BCUT2D eigenvalue weighted by Crippen LogP contribution is 2.22. The van der Waals surface area contributed by atoms with E-state index < -0.39 is 0 Å². The third-order valence-corrected chi connectivity index (χ3v) is 4.87. The van der Waals surface area contributed by atoms with Crippen molar-refractivity contribution in [2.45, 2.75) is 26.0 Å². The van der Waals surface area contributed by atoms with Gasteiger partial charge in [0.25, 0.3) is 0 Å². The van der Waals surface area contributed by atoms with Gasteiger partial charge in [0, 0.05) is 12.5 Å². The minimum Gasteiger partial charge on any atom is -0.467 e. The van der Waals surface area contributed by atoms with Crippen LogP contribution in [0.5, 0.6) is 0 Å². The van der Waals surface area contributed by atoms with E-state index in [1.807, 2.05) is 41.0 Å². The fraction of sp³-hybridized carbons (Fsp3) is 0.400. The molecule has 1 aliphatic rings. The van der Waals surface area contributed by atoms with Gasteiger partial charge in [0.1, 0.15) is 12.4 Å². The Morgan fingerprint density at radius 2 is 2.08 bits per heavy atom. The molecule has 0 bridgehead atoms.